The summed E-state index contributed by atoms with van der Waals surface area (Å²) in [5.41, 5.74) is 0.936. The number of benzene rings is 1. The zero-order valence-electron chi connectivity index (χ0n) is 12.3. The first-order valence-corrected chi connectivity index (χ1v) is 8.20. The maximum Gasteiger partial charge on any atom is 0.471 e. The van der Waals surface area contributed by atoms with Gasteiger partial charge in [-0.1, -0.05) is 23.5 Å². The third-order valence-electron chi connectivity index (χ3n) is 3.98. The van der Waals surface area contributed by atoms with Crippen LogP contribution in [0.2, 0.25) is 0 Å². The van der Waals surface area contributed by atoms with Crippen LogP contribution in [0.15, 0.2) is 24.3 Å². The number of fused-ring (bicyclic) bond motifs is 1. The fourth-order valence-corrected chi connectivity index (χ4v) is 3.57. The van der Waals surface area contributed by atoms with Crippen molar-refractivity contribution < 1.29 is 18.0 Å². The highest BCUT2D eigenvalue weighted by Crippen LogP contribution is 2.27. The van der Waals surface area contributed by atoms with Gasteiger partial charge >= 0.3 is 12.1 Å². The quantitative estimate of drug-likeness (QED) is 0.928. The minimum Gasteiger partial charge on any atom is -0.361 e. The van der Waals surface area contributed by atoms with Crippen molar-refractivity contribution in [2.75, 3.05) is 25.0 Å². The van der Waals surface area contributed by atoms with Crippen LogP contribution in [0, 0.1) is 5.92 Å². The van der Waals surface area contributed by atoms with Crippen molar-refractivity contribution in [3.05, 3.63) is 24.3 Å². The van der Waals surface area contributed by atoms with Gasteiger partial charge in [0.15, 0.2) is 5.13 Å². The van der Waals surface area contributed by atoms with E-state index in [1.165, 1.54) is 0 Å². The molecule has 2 heterocycles. The van der Waals surface area contributed by atoms with Gasteiger partial charge in [0.2, 0.25) is 0 Å². The fraction of sp³-hybridized carbons (Fsp3) is 0.467. The van der Waals surface area contributed by atoms with Crippen molar-refractivity contribution in [1.29, 1.82) is 0 Å². The van der Waals surface area contributed by atoms with Gasteiger partial charge in [0.05, 0.1) is 10.2 Å². The molecule has 1 aliphatic heterocycles. The number of carbonyl (C=O) groups excluding carboxylic acids is 1. The van der Waals surface area contributed by atoms with Crippen molar-refractivity contribution in [1.82, 2.24) is 9.88 Å². The highest BCUT2D eigenvalue weighted by atomic mass is 32.1. The molecule has 1 aromatic carbocycles. The standard InChI is InChI=1S/C15H16F3N3OS/c16-15(17,18)13(22)21-7-5-10(6-8-21)9-19-14-20-11-3-1-2-4-12(11)23-14/h1-4,10H,5-9H2,(H,19,20). The number of nitrogens with one attached hydrogen (secondary N) is 1. The van der Waals surface area contributed by atoms with Crippen LogP contribution in [-0.4, -0.2) is 41.6 Å². The number of hydrogen-bond acceptors (Lipinski definition) is 4. The molecule has 0 saturated carbocycles. The minimum atomic E-state index is -4.77. The molecule has 0 bridgehead atoms. The molecule has 8 heteroatoms. The third-order valence-corrected chi connectivity index (χ3v) is 4.97. The van der Waals surface area contributed by atoms with E-state index in [4.69, 9.17) is 0 Å². The van der Waals surface area contributed by atoms with Crippen LogP contribution in [0.5, 0.6) is 0 Å². The summed E-state index contributed by atoms with van der Waals surface area (Å²) < 4.78 is 38.3. The molecule has 23 heavy (non-hydrogen) atoms. The first-order valence-electron chi connectivity index (χ1n) is 7.39. The number of thiazole rings is 1. The summed E-state index contributed by atoms with van der Waals surface area (Å²) in [6.07, 6.45) is -3.63. The number of nitrogens with zero attached hydrogens (tertiary/aromatic N) is 2. The molecule has 0 aliphatic carbocycles. The molecule has 4 nitrogen and oxygen atoms in total. The Bertz CT molecular complexity index is 660. The van der Waals surface area contributed by atoms with E-state index < -0.39 is 12.1 Å². The zero-order valence-corrected chi connectivity index (χ0v) is 13.1. The number of alkyl halides is 3. The van der Waals surface area contributed by atoms with Gasteiger partial charge in [0.1, 0.15) is 0 Å². The van der Waals surface area contributed by atoms with Gasteiger partial charge in [-0.2, -0.15) is 13.2 Å². The van der Waals surface area contributed by atoms with E-state index in [2.05, 4.69) is 10.3 Å². The lowest BCUT2D eigenvalue weighted by Gasteiger charge is -2.32. The van der Waals surface area contributed by atoms with Crippen LogP contribution in [0.1, 0.15) is 12.8 Å². The summed E-state index contributed by atoms with van der Waals surface area (Å²) >= 11 is 1.56. The number of piperidine rings is 1. The molecule has 2 aromatic rings. The number of amides is 1. The SMILES string of the molecule is O=C(N1CCC(CNc2nc3ccccc3s2)CC1)C(F)(F)F. The van der Waals surface area contributed by atoms with Crippen LogP contribution >= 0.6 is 11.3 Å². The maximum atomic E-state index is 12.4. The first kappa shape index (κ1) is 16.0. The minimum absolute atomic E-state index is 0.157. The van der Waals surface area contributed by atoms with E-state index in [0.717, 1.165) is 20.2 Å². The molecule has 3 rings (SSSR count). The van der Waals surface area contributed by atoms with Crippen molar-refractivity contribution in [3.8, 4) is 0 Å². The second-order valence-electron chi connectivity index (χ2n) is 5.60. The second kappa shape index (κ2) is 6.35. The van der Waals surface area contributed by atoms with Crippen LogP contribution in [-0.2, 0) is 4.79 Å². The summed E-state index contributed by atoms with van der Waals surface area (Å²) in [5, 5.41) is 4.08. The summed E-state index contributed by atoms with van der Waals surface area (Å²) in [6.45, 7) is 0.975. The topological polar surface area (TPSA) is 45.2 Å². The van der Waals surface area contributed by atoms with E-state index in [1.807, 2.05) is 24.3 Å². The highest BCUT2D eigenvalue weighted by Gasteiger charge is 2.43. The van der Waals surface area contributed by atoms with Crippen LogP contribution in [0.4, 0.5) is 18.3 Å². The van der Waals surface area contributed by atoms with Gasteiger partial charge in [-0.25, -0.2) is 4.98 Å². The molecule has 0 spiro atoms. The van der Waals surface area contributed by atoms with Gasteiger partial charge < -0.3 is 10.2 Å². The molecular formula is C15H16F3N3OS. The Morgan fingerprint density at radius 2 is 2.00 bits per heavy atom. The summed E-state index contributed by atoms with van der Waals surface area (Å²) in [6, 6.07) is 7.83. The predicted octanol–water partition coefficient (Wildman–Crippen LogP) is 3.51. The average Bonchev–Trinajstić information content (AvgIpc) is 2.95. The monoisotopic (exact) mass is 343 g/mol. The summed E-state index contributed by atoms with van der Waals surface area (Å²) in [4.78, 5) is 16.5. The Morgan fingerprint density at radius 3 is 2.65 bits per heavy atom. The number of hydrogen-bond donors (Lipinski definition) is 1. The van der Waals surface area contributed by atoms with Crippen molar-refractivity contribution in [2.45, 2.75) is 19.0 Å². The van der Waals surface area contributed by atoms with Crippen LogP contribution in [0.25, 0.3) is 10.2 Å². The molecular weight excluding hydrogens is 327 g/mol. The maximum absolute atomic E-state index is 12.4. The fourth-order valence-electron chi connectivity index (χ4n) is 2.70. The number of anilines is 1. The highest BCUT2D eigenvalue weighted by molar-refractivity contribution is 7.22. The van der Waals surface area contributed by atoms with Gasteiger partial charge in [-0.05, 0) is 30.9 Å². The second-order valence-corrected chi connectivity index (χ2v) is 6.63. The number of aromatic nitrogens is 1. The number of likely N-dealkylation sites (tertiary alicyclic amines) is 1. The van der Waals surface area contributed by atoms with Crippen molar-refractivity contribution >= 4 is 32.6 Å². The normalized spacial score (nSPS) is 16.7. The predicted molar refractivity (Wildman–Crippen MR) is 83.5 cm³/mol. The molecule has 0 unspecified atom stereocenters. The molecule has 1 aromatic heterocycles. The average molecular weight is 343 g/mol. The van der Waals surface area contributed by atoms with Crippen molar-refractivity contribution in [2.24, 2.45) is 5.92 Å². The first-order chi connectivity index (χ1) is 10.9. The Morgan fingerprint density at radius 1 is 1.30 bits per heavy atom. The van der Waals surface area contributed by atoms with Crippen LogP contribution < -0.4 is 5.32 Å². The molecule has 1 N–H and O–H groups in total. The lowest BCUT2D eigenvalue weighted by Crippen LogP contribution is -2.46. The van der Waals surface area contributed by atoms with E-state index >= 15 is 0 Å². The number of carbonyl (C=O) groups is 1. The van der Waals surface area contributed by atoms with Gasteiger partial charge in [0.25, 0.3) is 0 Å². The lowest BCUT2D eigenvalue weighted by molar-refractivity contribution is -0.186. The molecule has 1 fully saturated rings. The zero-order chi connectivity index (χ0) is 16.4. The molecule has 0 atom stereocenters. The van der Waals surface area contributed by atoms with Gasteiger partial charge in [-0.15, -0.1) is 0 Å². The van der Waals surface area contributed by atoms with Crippen LogP contribution in [0.3, 0.4) is 0 Å². The van der Waals surface area contributed by atoms with Gasteiger partial charge in [0, 0.05) is 19.6 Å². The number of para-hydroxylation sites is 1. The Balaban J connectivity index is 1.50. The molecule has 124 valence electrons. The molecule has 1 amide bonds. The smallest absolute Gasteiger partial charge is 0.361 e. The largest absolute Gasteiger partial charge is 0.471 e. The lowest BCUT2D eigenvalue weighted by atomic mass is 9.97. The van der Waals surface area contributed by atoms with E-state index in [9.17, 15) is 18.0 Å². The Kier molecular flexibility index (Phi) is 4.43. The Hall–Kier alpha value is -1.83. The summed E-state index contributed by atoms with van der Waals surface area (Å²) in [7, 11) is 0. The molecule has 1 saturated heterocycles. The van der Waals surface area contributed by atoms with Gasteiger partial charge in [-0.3, -0.25) is 4.79 Å². The summed E-state index contributed by atoms with van der Waals surface area (Å²) in [5.74, 6) is -1.48. The van der Waals surface area contributed by atoms with Crippen molar-refractivity contribution in [3.63, 3.8) is 0 Å². The third kappa shape index (κ3) is 3.74. The van der Waals surface area contributed by atoms with E-state index in [-0.39, 0.29) is 19.0 Å². The van der Waals surface area contributed by atoms with E-state index in [0.29, 0.717) is 19.4 Å². The van der Waals surface area contributed by atoms with E-state index in [1.54, 1.807) is 11.3 Å². The molecule has 0 radical (unpaired) electrons. The Labute approximate surface area is 135 Å². The number of halogens is 3. The number of rotatable bonds is 3. The molecule has 1 aliphatic rings.